The maximum atomic E-state index is 12.6. The molecule has 0 aromatic carbocycles. The summed E-state index contributed by atoms with van der Waals surface area (Å²) < 4.78 is 26.6. The van der Waals surface area contributed by atoms with E-state index < -0.39 is 10.0 Å². The Kier molecular flexibility index (Phi) is 4.76. The summed E-state index contributed by atoms with van der Waals surface area (Å²) in [7, 11) is -0.142. The van der Waals surface area contributed by atoms with E-state index in [4.69, 9.17) is 0 Å². The van der Waals surface area contributed by atoms with Crippen LogP contribution in [0.4, 0.5) is 0 Å². The molecule has 19 heavy (non-hydrogen) atoms. The van der Waals surface area contributed by atoms with Gasteiger partial charge in [0.05, 0.1) is 11.4 Å². The first-order valence-electron chi connectivity index (χ1n) is 6.24. The van der Waals surface area contributed by atoms with Gasteiger partial charge in [0.15, 0.2) is 0 Å². The van der Waals surface area contributed by atoms with Crippen LogP contribution in [-0.2, 0) is 16.6 Å². The van der Waals surface area contributed by atoms with E-state index >= 15 is 0 Å². The van der Waals surface area contributed by atoms with Crippen LogP contribution in [0.3, 0.4) is 0 Å². The summed E-state index contributed by atoms with van der Waals surface area (Å²) in [6.07, 6.45) is 0. The molecular weight excluding hydrogens is 264 g/mol. The maximum Gasteiger partial charge on any atom is 0.246 e. The fourth-order valence-corrected chi connectivity index (χ4v) is 3.72. The molecule has 1 heterocycles. The van der Waals surface area contributed by atoms with Crippen molar-refractivity contribution < 1.29 is 8.42 Å². The lowest BCUT2D eigenvalue weighted by molar-refractivity contribution is 0.310. The van der Waals surface area contributed by atoms with Gasteiger partial charge in [-0.15, -0.1) is 0 Å². The van der Waals surface area contributed by atoms with Crippen molar-refractivity contribution in [2.75, 3.05) is 20.6 Å². The summed E-state index contributed by atoms with van der Waals surface area (Å²) in [5.74, 6) is 0. The molecule has 0 saturated carbocycles. The Hall–Kier alpha value is -0.920. The zero-order valence-electron chi connectivity index (χ0n) is 12.5. The molecule has 0 saturated heterocycles. The highest BCUT2D eigenvalue weighted by Gasteiger charge is 2.30. The van der Waals surface area contributed by atoms with Crippen molar-refractivity contribution in [3.05, 3.63) is 11.4 Å². The third kappa shape index (κ3) is 3.77. The predicted molar refractivity (Wildman–Crippen MR) is 75.4 cm³/mol. The molecule has 0 fully saturated rings. The monoisotopic (exact) mass is 288 g/mol. The number of hydrogen-bond acceptors (Lipinski definition) is 4. The number of sulfonamides is 1. The van der Waals surface area contributed by atoms with E-state index in [1.807, 2.05) is 20.8 Å². The van der Waals surface area contributed by atoms with Crippen molar-refractivity contribution in [2.45, 2.75) is 39.1 Å². The van der Waals surface area contributed by atoms with E-state index in [0.29, 0.717) is 24.5 Å². The van der Waals surface area contributed by atoms with Gasteiger partial charge in [-0.25, -0.2) is 12.7 Å². The van der Waals surface area contributed by atoms with Gasteiger partial charge in [-0.05, 0) is 19.4 Å². The van der Waals surface area contributed by atoms with Gasteiger partial charge in [0.25, 0.3) is 0 Å². The lowest BCUT2D eigenvalue weighted by Crippen LogP contribution is -2.35. The molecular formula is C12H24N4O2S. The van der Waals surface area contributed by atoms with Crippen molar-refractivity contribution in [2.24, 2.45) is 5.41 Å². The second kappa shape index (κ2) is 5.60. The summed E-state index contributed by atoms with van der Waals surface area (Å²) in [5.41, 5.74) is 1.01. The molecule has 1 rings (SSSR count). The first-order valence-corrected chi connectivity index (χ1v) is 7.68. The zero-order valence-corrected chi connectivity index (χ0v) is 13.3. The van der Waals surface area contributed by atoms with Crippen LogP contribution in [-0.4, -0.2) is 43.6 Å². The Morgan fingerprint density at radius 3 is 2.42 bits per heavy atom. The molecule has 1 aromatic rings. The highest BCUT2D eigenvalue weighted by atomic mass is 32.2. The average Bonchev–Trinajstić information content (AvgIpc) is 2.58. The van der Waals surface area contributed by atoms with Gasteiger partial charge >= 0.3 is 0 Å². The van der Waals surface area contributed by atoms with Crippen molar-refractivity contribution in [3.63, 3.8) is 0 Å². The minimum absolute atomic E-state index is 0.0946. The summed E-state index contributed by atoms with van der Waals surface area (Å²) in [6.45, 7) is 8.63. The van der Waals surface area contributed by atoms with Gasteiger partial charge in [-0.2, -0.15) is 5.10 Å². The van der Waals surface area contributed by atoms with E-state index in [9.17, 15) is 8.42 Å². The second-order valence-electron chi connectivity index (χ2n) is 5.98. The van der Waals surface area contributed by atoms with E-state index in [1.54, 1.807) is 21.0 Å². The molecule has 7 heteroatoms. The van der Waals surface area contributed by atoms with E-state index in [0.717, 1.165) is 0 Å². The predicted octanol–water partition coefficient (Wildman–Crippen LogP) is 1.10. The van der Waals surface area contributed by atoms with Gasteiger partial charge in [0.1, 0.15) is 4.90 Å². The smallest absolute Gasteiger partial charge is 0.246 e. The number of nitrogens with one attached hydrogen (secondary N) is 2. The van der Waals surface area contributed by atoms with E-state index in [2.05, 4.69) is 15.5 Å². The van der Waals surface area contributed by atoms with Crippen LogP contribution >= 0.6 is 0 Å². The van der Waals surface area contributed by atoms with Crippen LogP contribution in [0.5, 0.6) is 0 Å². The summed E-state index contributed by atoms with van der Waals surface area (Å²) >= 11 is 0. The molecule has 110 valence electrons. The molecule has 0 spiro atoms. The third-order valence-corrected chi connectivity index (χ3v) is 4.68. The van der Waals surface area contributed by atoms with Crippen LogP contribution in [0.25, 0.3) is 0 Å². The Labute approximate surface area is 115 Å². The average molecular weight is 288 g/mol. The SMILES string of the molecule is CNCc1n[nH]c(C)c1S(=O)(=O)N(C)CC(C)(C)C. The normalized spacial score (nSPS) is 13.2. The fourth-order valence-electron chi connectivity index (χ4n) is 2.01. The maximum absolute atomic E-state index is 12.6. The van der Waals surface area contributed by atoms with Gasteiger partial charge < -0.3 is 5.32 Å². The summed E-state index contributed by atoms with van der Waals surface area (Å²) in [4.78, 5) is 0.286. The Bertz CT molecular complexity index is 528. The highest BCUT2D eigenvalue weighted by Crippen LogP contribution is 2.24. The molecule has 0 unspecified atom stereocenters. The van der Waals surface area contributed by atoms with Crippen LogP contribution in [0.1, 0.15) is 32.2 Å². The lowest BCUT2D eigenvalue weighted by Gasteiger charge is -2.26. The highest BCUT2D eigenvalue weighted by molar-refractivity contribution is 7.89. The Balaban J connectivity index is 3.16. The van der Waals surface area contributed by atoms with E-state index in [1.165, 1.54) is 4.31 Å². The minimum Gasteiger partial charge on any atom is -0.314 e. The largest absolute Gasteiger partial charge is 0.314 e. The first kappa shape index (κ1) is 16.1. The number of H-pyrrole nitrogens is 1. The number of hydrogen-bond donors (Lipinski definition) is 2. The minimum atomic E-state index is -3.51. The van der Waals surface area contributed by atoms with Gasteiger partial charge in [0, 0.05) is 20.1 Å². The zero-order chi connectivity index (χ0) is 14.8. The molecule has 0 aliphatic rings. The molecule has 0 atom stereocenters. The molecule has 0 radical (unpaired) electrons. The molecule has 0 amide bonds. The van der Waals surface area contributed by atoms with E-state index in [-0.39, 0.29) is 10.3 Å². The second-order valence-corrected chi connectivity index (χ2v) is 7.96. The van der Waals surface area contributed by atoms with Gasteiger partial charge in [0.2, 0.25) is 10.0 Å². The van der Waals surface area contributed by atoms with Crippen molar-refractivity contribution in [1.29, 1.82) is 0 Å². The van der Waals surface area contributed by atoms with Crippen molar-refractivity contribution in [1.82, 2.24) is 19.8 Å². The van der Waals surface area contributed by atoms with Crippen molar-refractivity contribution >= 4 is 10.0 Å². The van der Waals surface area contributed by atoms with Gasteiger partial charge in [-0.1, -0.05) is 20.8 Å². The number of aromatic amines is 1. The lowest BCUT2D eigenvalue weighted by atomic mass is 9.97. The van der Waals surface area contributed by atoms with Crippen LogP contribution < -0.4 is 5.32 Å². The molecule has 2 N–H and O–H groups in total. The number of nitrogens with zero attached hydrogens (tertiary/aromatic N) is 2. The third-order valence-electron chi connectivity index (χ3n) is 2.67. The number of rotatable bonds is 5. The van der Waals surface area contributed by atoms with Crippen molar-refractivity contribution in [3.8, 4) is 0 Å². The van der Waals surface area contributed by atoms with Crippen LogP contribution in [0, 0.1) is 12.3 Å². The molecule has 0 bridgehead atoms. The summed E-state index contributed by atoms with van der Waals surface area (Å²) in [5, 5.41) is 9.74. The Morgan fingerprint density at radius 1 is 1.37 bits per heavy atom. The quantitative estimate of drug-likeness (QED) is 0.850. The molecule has 6 nitrogen and oxygen atoms in total. The van der Waals surface area contributed by atoms with Gasteiger partial charge in [-0.3, -0.25) is 5.10 Å². The fraction of sp³-hybridized carbons (Fsp3) is 0.750. The Morgan fingerprint density at radius 2 is 1.95 bits per heavy atom. The molecule has 1 aromatic heterocycles. The van der Waals surface area contributed by atoms with Crippen LogP contribution in [0.15, 0.2) is 4.90 Å². The standard InChI is InChI=1S/C12H24N4O2S/c1-9-11(10(7-13-5)15-14-9)19(17,18)16(6)8-12(2,3)4/h13H,7-8H2,1-6H3,(H,14,15). The molecule has 0 aliphatic heterocycles. The van der Waals surface area contributed by atoms with Crippen LogP contribution in [0.2, 0.25) is 0 Å². The topological polar surface area (TPSA) is 78.1 Å². The number of aromatic nitrogens is 2. The number of aryl methyl sites for hydroxylation is 1. The summed E-state index contributed by atoms with van der Waals surface area (Å²) in [6, 6.07) is 0. The molecule has 0 aliphatic carbocycles. The first-order chi connectivity index (χ1) is 8.59.